The predicted octanol–water partition coefficient (Wildman–Crippen LogP) is 5.73. The number of hydrogen-bond acceptors (Lipinski definition) is 4. The van der Waals surface area contributed by atoms with E-state index in [0.717, 1.165) is 12.0 Å². The van der Waals surface area contributed by atoms with Crippen LogP contribution in [0.5, 0.6) is 5.75 Å². The maximum Gasteiger partial charge on any atom is 0.262 e. The lowest BCUT2D eigenvalue weighted by Crippen LogP contribution is -2.20. The van der Waals surface area contributed by atoms with Gasteiger partial charge in [0.25, 0.3) is 5.91 Å². The fourth-order valence-corrected chi connectivity index (χ4v) is 3.11. The molecule has 0 saturated heterocycles. The number of oxazole rings is 1. The van der Waals surface area contributed by atoms with E-state index < -0.39 is 0 Å². The summed E-state index contributed by atoms with van der Waals surface area (Å²) in [6.45, 7) is 2.02. The van der Waals surface area contributed by atoms with Gasteiger partial charge >= 0.3 is 0 Å². The van der Waals surface area contributed by atoms with Crippen LogP contribution < -0.4 is 10.1 Å². The molecule has 0 bridgehead atoms. The van der Waals surface area contributed by atoms with Crippen LogP contribution in [0.15, 0.2) is 71.1 Å². The molecule has 0 aliphatic rings. The highest BCUT2D eigenvalue weighted by Crippen LogP contribution is 2.27. The van der Waals surface area contributed by atoms with E-state index in [2.05, 4.69) is 17.2 Å². The zero-order chi connectivity index (χ0) is 20.2. The third kappa shape index (κ3) is 4.58. The van der Waals surface area contributed by atoms with Crippen LogP contribution >= 0.6 is 11.6 Å². The van der Waals surface area contributed by atoms with Crippen molar-refractivity contribution in [3.63, 3.8) is 0 Å². The molecule has 0 saturated carbocycles. The molecule has 0 spiro atoms. The van der Waals surface area contributed by atoms with Crippen molar-refractivity contribution in [1.29, 1.82) is 0 Å². The number of hydrogen-bond donors (Lipinski definition) is 1. The Kier molecular flexibility index (Phi) is 5.49. The van der Waals surface area contributed by atoms with Gasteiger partial charge in [-0.05, 0) is 60.5 Å². The topological polar surface area (TPSA) is 64.4 Å². The zero-order valence-electron chi connectivity index (χ0n) is 15.8. The van der Waals surface area contributed by atoms with E-state index in [1.807, 2.05) is 36.4 Å². The maximum atomic E-state index is 12.2. The number of aryl methyl sites for hydroxylation is 1. The van der Waals surface area contributed by atoms with Gasteiger partial charge < -0.3 is 14.5 Å². The van der Waals surface area contributed by atoms with Gasteiger partial charge in [-0.3, -0.25) is 4.79 Å². The number of nitrogens with zero attached hydrogens (tertiary/aromatic N) is 1. The quantitative estimate of drug-likeness (QED) is 0.444. The summed E-state index contributed by atoms with van der Waals surface area (Å²) in [5.74, 6) is 0.891. The van der Waals surface area contributed by atoms with E-state index in [1.165, 1.54) is 5.56 Å². The largest absolute Gasteiger partial charge is 0.484 e. The van der Waals surface area contributed by atoms with Crippen molar-refractivity contribution >= 4 is 34.3 Å². The highest BCUT2D eigenvalue weighted by atomic mass is 35.5. The van der Waals surface area contributed by atoms with Crippen LogP contribution in [0.2, 0.25) is 5.02 Å². The number of fused-ring (bicyclic) bond motifs is 1. The Labute approximate surface area is 173 Å². The lowest BCUT2D eigenvalue weighted by Gasteiger charge is -2.08. The van der Waals surface area contributed by atoms with Crippen molar-refractivity contribution < 1.29 is 13.9 Å². The first kappa shape index (κ1) is 19.0. The van der Waals surface area contributed by atoms with Crippen LogP contribution in [-0.4, -0.2) is 17.5 Å². The normalized spacial score (nSPS) is 10.8. The van der Waals surface area contributed by atoms with Crippen LogP contribution in [-0.2, 0) is 11.2 Å². The minimum absolute atomic E-state index is 0.0733. The standard InChI is InChI=1S/C23H19ClN2O3/c1-2-15-6-9-19(10-7-15)28-14-22(27)25-18-8-11-21-20(13-18)26-23(29-21)16-4-3-5-17(24)12-16/h3-13H,2,14H2,1H3,(H,25,27). The smallest absolute Gasteiger partial charge is 0.262 e. The van der Waals surface area contributed by atoms with Crippen LogP contribution in [0.4, 0.5) is 5.69 Å². The van der Waals surface area contributed by atoms with Gasteiger partial charge in [-0.1, -0.05) is 36.7 Å². The monoisotopic (exact) mass is 406 g/mol. The summed E-state index contributed by atoms with van der Waals surface area (Å²) < 4.78 is 11.3. The van der Waals surface area contributed by atoms with Crippen molar-refractivity contribution in [3.8, 4) is 17.2 Å². The summed E-state index contributed by atoms with van der Waals surface area (Å²) in [6.07, 6.45) is 0.963. The molecule has 146 valence electrons. The molecule has 3 aromatic carbocycles. The van der Waals surface area contributed by atoms with E-state index in [-0.39, 0.29) is 12.5 Å². The molecule has 4 aromatic rings. The van der Waals surface area contributed by atoms with Crippen molar-refractivity contribution in [2.45, 2.75) is 13.3 Å². The molecule has 1 aromatic heterocycles. The fourth-order valence-electron chi connectivity index (χ4n) is 2.92. The maximum absolute atomic E-state index is 12.2. The van der Waals surface area contributed by atoms with Gasteiger partial charge in [0.2, 0.25) is 5.89 Å². The number of rotatable bonds is 6. The Hall–Kier alpha value is -3.31. The number of halogens is 1. The summed E-state index contributed by atoms with van der Waals surface area (Å²) in [5.41, 5.74) is 3.92. The van der Waals surface area contributed by atoms with E-state index in [9.17, 15) is 4.79 Å². The third-order valence-corrected chi connectivity index (χ3v) is 4.68. The summed E-state index contributed by atoms with van der Waals surface area (Å²) in [6, 6.07) is 20.3. The Morgan fingerprint density at radius 3 is 2.69 bits per heavy atom. The fraction of sp³-hybridized carbons (Fsp3) is 0.130. The average molecular weight is 407 g/mol. The number of aromatic nitrogens is 1. The van der Waals surface area contributed by atoms with Crippen LogP contribution in [0, 0.1) is 0 Å². The number of carbonyl (C=O) groups is 1. The average Bonchev–Trinajstić information content (AvgIpc) is 3.16. The van der Waals surface area contributed by atoms with E-state index in [4.69, 9.17) is 20.8 Å². The molecule has 5 nitrogen and oxygen atoms in total. The van der Waals surface area contributed by atoms with Crippen LogP contribution in [0.3, 0.4) is 0 Å². The third-order valence-electron chi connectivity index (χ3n) is 4.44. The number of nitrogens with one attached hydrogen (secondary N) is 1. The van der Waals surface area contributed by atoms with E-state index in [0.29, 0.717) is 33.4 Å². The number of amides is 1. The van der Waals surface area contributed by atoms with E-state index in [1.54, 1.807) is 30.3 Å². The molecule has 0 unspecified atom stereocenters. The minimum atomic E-state index is -0.248. The van der Waals surface area contributed by atoms with Gasteiger partial charge in [-0.2, -0.15) is 0 Å². The zero-order valence-corrected chi connectivity index (χ0v) is 16.6. The summed E-state index contributed by atoms with van der Waals surface area (Å²) >= 11 is 6.04. The van der Waals surface area contributed by atoms with Gasteiger partial charge in [0.05, 0.1) is 0 Å². The van der Waals surface area contributed by atoms with Crippen LogP contribution in [0.25, 0.3) is 22.6 Å². The Morgan fingerprint density at radius 1 is 1.10 bits per heavy atom. The molecule has 4 rings (SSSR count). The second kappa shape index (κ2) is 8.37. The first-order valence-corrected chi connectivity index (χ1v) is 9.66. The van der Waals surface area contributed by atoms with Gasteiger partial charge in [-0.15, -0.1) is 0 Å². The Balaban J connectivity index is 1.43. The first-order valence-electron chi connectivity index (χ1n) is 9.29. The van der Waals surface area contributed by atoms with Crippen molar-refractivity contribution in [2.75, 3.05) is 11.9 Å². The Morgan fingerprint density at radius 2 is 1.93 bits per heavy atom. The van der Waals surface area contributed by atoms with Crippen molar-refractivity contribution in [2.24, 2.45) is 0 Å². The van der Waals surface area contributed by atoms with E-state index >= 15 is 0 Å². The second-order valence-corrected chi connectivity index (χ2v) is 6.98. The molecule has 0 atom stereocenters. The molecule has 1 amide bonds. The number of benzene rings is 3. The van der Waals surface area contributed by atoms with Gasteiger partial charge in [0, 0.05) is 16.3 Å². The van der Waals surface area contributed by atoms with Crippen molar-refractivity contribution in [3.05, 3.63) is 77.3 Å². The SMILES string of the molecule is CCc1ccc(OCC(=O)Nc2ccc3oc(-c4cccc(Cl)c4)nc3c2)cc1. The molecule has 1 N–H and O–H groups in total. The Bertz CT molecular complexity index is 1150. The molecular formula is C23H19ClN2O3. The number of ether oxygens (including phenoxy) is 1. The second-order valence-electron chi connectivity index (χ2n) is 6.55. The molecule has 0 aliphatic heterocycles. The molecule has 29 heavy (non-hydrogen) atoms. The highest BCUT2D eigenvalue weighted by molar-refractivity contribution is 6.30. The minimum Gasteiger partial charge on any atom is -0.484 e. The summed E-state index contributed by atoms with van der Waals surface area (Å²) in [4.78, 5) is 16.7. The lowest BCUT2D eigenvalue weighted by molar-refractivity contribution is -0.118. The number of carbonyl (C=O) groups excluding carboxylic acids is 1. The molecular weight excluding hydrogens is 388 g/mol. The van der Waals surface area contributed by atoms with Gasteiger partial charge in [0.15, 0.2) is 12.2 Å². The molecule has 6 heteroatoms. The molecule has 0 fully saturated rings. The summed E-state index contributed by atoms with van der Waals surface area (Å²) in [7, 11) is 0. The van der Waals surface area contributed by atoms with Crippen LogP contribution in [0.1, 0.15) is 12.5 Å². The van der Waals surface area contributed by atoms with Crippen molar-refractivity contribution in [1.82, 2.24) is 4.98 Å². The molecule has 0 aliphatic carbocycles. The number of anilines is 1. The predicted molar refractivity (Wildman–Crippen MR) is 114 cm³/mol. The molecule has 0 radical (unpaired) electrons. The van der Waals surface area contributed by atoms with Gasteiger partial charge in [-0.25, -0.2) is 4.98 Å². The highest BCUT2D eigenvalue weighted by Gasteiger charge is 2.11. The summed E-state index contributed by atoms with van der Waals surface area (Å²) in [5, 5.41) is 3.43. The lowest BCUT2D eigenvalue weighted by atomic mass is 10.2. The van der Waals surface area contributed by atoms with Gasteiger partial charge in [0.1, 0.15) is 11.3 Å². The first-order chi connectivity index (χ1) is 14.1. The molecule has 1 heterocycles.